The second-order valence-electron chi connectivity index (χ2n) is 10.4. The Balaban J connectivity index is 1.63. The number of benzene rings is 3. The zero-order valence-electron chi connectivity index (χ0n) is 22.3. The molecule has 0 saturated heterocycles. The summed E-state index contributed by atoms with van der Waals surface area (Å²) < 4.78 is 30.3. The fraction of sp³-hybridized carbons (Fsp3) is 0.161. The highest BCUT2D eigenvalue weighted by molar-refractivity contribution is 7.90. The standard InChI is InChI=1S/C31H28N4O4S/c1-20-8-14-24(15-9-20)40(38,39)34-17-16-26-30(34)32-18-27-28(21-10-12-23(13-11-21)31(2,3)37)33-29(35(26)27)25-7-5-4-6-22(25)19-36/h4-18,36-37H,19H2,1-3H3. The van der Waals surface area contributed by atoms with Gasteiger partial charge in [0.05, 0.1) is 40.0 Å². The fourth-order valence-electron chi connectivity index (χ4n) is 4.94. The second kappa shape index (κ2) is 9.41. The van der Waals surface area contributed by atoms with E-state index >= 15 is 0 Å². The number of nitrogens with zero attached hydrogens (tertiary/aromatic N) is 4. The summed E-state index contributed by atoms with van der Waals surface area (Å²) in [6.45, 7) is 5.18. The Kier molecular flexibility index (Phi) is 6.10. The molecule has 8 nitrogen and oxygen atoms in total. The van der Waals surface area contributed by atoms with Gasteiger partial charge in [0.2, 0.25) is 0 Å². The van der Waals surface area contributed by atoms with Gasteiger partial charge in [0.15, 0.2) is 5.65 Å². The Bertz CT molecular complexity index is 1980. The van der Waals surface area contributed by atoms with Gasteiger partial charge in [0.1, 0.15) is 5.82 Å². The molecule has 202 valence electrons. The summed E-state index contributed by atoms with van der Waals surface area (Å²) in [5.41, 5.74) is 5.11. The minimum absolute atomic E-state index is 0.168. The molecule has 2 N–H and O–H groups in total. The van der Waals surface area contributed by atoms with Gasteiger partial charge in [-0.1, -0.05) is 66.2 Å². The lowest BCUT2D eigenvalue weighted by Gasteiger charge is -2.17. The molecule has 0 aliphatic rings. The summed E-state index contributed by atoms with van der Waals surface area (Å²) in [6, 6.07) is 23.4. The van der Waals surface area contributed by atoms with E-state index < -0.39 is 15.6 Å². The van der Waals surface area contributed by atoms with Crippen molar-refractivity contribution in [2.45, 2.75) is 37.9 Å². The highest BCUT2D eigenvalue weighted by Gasteiger charge is 2.24. The summed E-state index contributed by atoms with van der Waals surface area (Å²) in [5.74, 6) is 0.555. The topological polar surface area (TPSA) is 110 Å². The summed E-state index contributed by atoms with van der Waals surface area (Å²) >= 11 is 0. The van der Waals surface area contributed by atoms with Crippen LogP contribution in [0.4, 0.5) is 0 Å². The first-order valence-electron chi connectivity index (χ1n) is 12.8. The Labute approximate surface area is 231 Å². The van der Waals surface area contributed by atoms with Crippen LogP contribution in [0.25, 0.3) is 39.3 Å². The van der Waals surface area contributed by atoms with Crippen LogP contribution in [0.5, 0.6) is 0 Å². The average molecular weight is 553 g/mol. The van der Waals surface area contributed by atoms with Crippen molar-refractivity contribution in [1.29, 1.82) is 0 Å². The van der Waals surface area contributed by atoms with Crippen molar-refractivity contribution in [2.75, 3.05) is 0 Å². The number of rotatable bonds is 6. The molecule has 3 heterocycles. The van der Waals surface area contributed by atoms with E-state index in [0.29, 0.717) is 28.1 Å². The van der Waals surface area contributed by atoms with Gasteiger partial charge in [0, 0.05) is 17.3 Å². The van der Waals surface area contributed by atoms with E-state index in [1.165, 1.54) is 10.2 Å². The van der Waals surface area contributed by atoms with Gasteiger partial charge in [-0.3, -0.25) is 4.40 Å². The van der Waals surface area contributed by atoms with Gasteiger partial charge in [-0.25, -0.2) is 22.4 Å². The minimum Gasteiger partial charge on any atom is -0.392 e. The number of hydrogen-bond acceptors (Lipinski definition) is 6. The van der Waals surface area contributed by atoms with E-state index in [9.17, 15) is 18.6 Å². The summed E-state index contributed by atoms with van der Waals surface area (Å²) in [7, 11) is -3.91. The molecule has 6 rings (SSSR count). The van der Waals surface area contributed by atoms with Crippen molar-refractivity contribution in [3.8, 4) is 22.6 Å². The molecule has 0 aliphatic heterocycles. The lowest BCUT2D eigenvalue weighted by atomic mass is 9.97. The lowest BCUT2D eigenvalue weighted by molar-refractivity contribution is 0.0786. The van der Waals surface area contributed by atoms with Crippen LogP contribution >= 0.6 is 0 Å². The Morgan fingerprint density at radius 3 is 2.27 bits per heavy atom. The van der Waals surface area contributed by atoms with E-state index in [1.54, 1.807) is 50.4 Å². The van der Waals surface area contributed by atoms with Crippen molar-refractivity contribution in [3.63, 3.8) is 0 Å². The Morgan fingerprint density at radius 2 is 1.60 bits per heavy atom. The van der Waals surface area contributed by atoms with Gasteiger partial charge in [-0.2, -0.15) is 0 Å². The molecule has 6 aromatic rings. The monoisotopic (exact) mass is 552 g/mol. The van der Waals surface area contributed by atoms with Crippen LogP contribution in [-0.4, -0.2) is 37.0 Å². The molecule has 3 aromatic heterocycles. The Hall–Kier alpha value is -4.31. The normalized spacial score (nSPS) is 12.4. The molecule has 0 spiro atoms. The van der Waals surface area contributed by atoms with Gasteiger partial charge in [-0.15, -0.1) is 0 Å². The van der Waals surface area contributed by atoms with Crippen LogP contribution in [0.1, 0.15) is 30.5 Å². The maximum atomic E-state index is 13.6. The predicted octanol–water partition coefficient (Wildman–Crippen LogP) is 5.28. The first-order valence-corrected chi connectivity index (χ1v) is 14.3. The van der Waals surface area contributed by atoms with Gasteiger partial charge < -0.3 is 10.2 Å². The largest absolute Gasteiger partial charge is 0.392 e. The van der Waals surface area contributed by atoms with Crippen molar-refractivity contribution >= 4 is 26.7 Å². The van der Waals surface area contributed by atoms with E-state index in [-0.39, 0.29) is 17.1 Å². The van der Waals surface area contributed by atoms with Gasteiger partial charge >= 0.3 is 0 Å². The maximum absolute atomic E-state index is 13.6. The number of aliphatic hydroxyl groups is 2. The Morgan fingerprint density at radius 1 is 0.900 bits per heavy atom. The molecule has 0 fully saturated rings. The van der Waals surface area contributed by atoms with Gasteiger partial charge in [0.25, 0.3) is 10.0 Å². The fourth-order valence-corrected chi connectivity index (χ4v) is 6.23. The van der Waals surface area contributed by atoms with Crippen molar-refractivity contribution in [1.82, 2.24) is 18.3 Å². The highest BCUT2D eigenvalue weighted by atomic mass is 32.2. The number of aryl methyl sites for hydroxylation is 1. The molecular weight excluding hydrogens is 524 g/mol. The highest BCUT2D eigenvalue weighted by Crippen LogP contribution is 2.35. The lowest BCUT2D eigenvalue weighted by Crippen LogP contribution is -2.14. The molecule has 0 aliphatic carbocycles. The van der Waals surface area contributed by atoms with Crippen molar-refractivity contribution in [2.24, 2.45) is 0 Å². The predicted molar refractivity (Wildman–Crippen MR) is 154 cm³/mol. The zero-order chi connectivity index (χ0) is 28.2. The van der Waals surface area contributed by atoms with Crippen LogP contribution in [0, 0.1) is 6.92 Å². The quantitative estimate of drug-likeness (QED) is 0.291. The molecule has 9 heteroatoms. The summed E-state index contributed by atoms with van der Waals surface area (Å²) in [4.78, 5) is 9.78. The average Bonchev–Trinajstić information content (AvgIpc) is 3.55. The molecular formula is C31H28N4O4S. The number of aromatic nitrogens is 4. The maximum Gasteiger partial charge on any atom is 0.269 e. The third kappa shape index (κ3) is 4.19. The molecule has 0 unspecified atom stereocenters. The SMILES string of the molecule is Cc1ccc(S(=O)(=O)n2ccc3c2ncc2c(-c4ccc(C(C)(C)O)cc4)nc(-c4ccccc4CO)n23)cc1. The smallest absolute Gasteiger partial charge is 0.269 e. The molecule has 0 bridgehead atoms. The van der Waals surface area contributed by atoms with Crippen molar-refractivity contribution < 1.29 is 18.6 Å². The molecule has 0 saturated carbocycles. The number of fused-ring (bicyclic) bond motifs is 3. The van der Waals surface area contributed by atoms with E-state index in [4.69, 9.17) is 4.98 Å². The minimum atomic E-state index is -3.91. The van der Waals surface area contributed by atoms with Gasteiger partial charge in [-0.05, 0) is 50.1 Å². The van der Waals surface area contributed by atoms with E-state index in [0.717, 1.165) is 22.3 Å². The molecule has 0 radical (unpaired) electrons. The van der Waals surface area contributed by atoms with Crippen LogP contribution in [-0.2, 0) is 22.2 Å². The summed E-state index contributed by atoms with van der Waals surface area (Å²) in [6.07, 6.45) is 3.13. The number of aliphatic hydroxyl groups excluding tert-OH is 1. The molecule has 0 amide bonds. The third-order valence-corrected chi connectivity index (χ3v) is 8.82. The van der Waals surface area contributed by atoms with E-state index in [1.807, 2.05) is 59.9 Å². The molecule has 0 atom stereocenters. The number of imidazole rings is 1. The zero-order valence-corrected chi connectivity index (χ0v) is 23.1. The number of hydrogen-bond donors (Lipinski definition) is 2. The van der Waals surface area contributed by atoms with Crippen LogP contribution in [0.3, 0.4) is 0 Å². The van der Waals surface area contributed by atoms with E-state index in [2.05, 4.69) is 4.98 Å². The third-order valence-electron chi connectivity index (χ3n) is 7.14. The van der Waals surface area contributed by atoms with Crippen LogP contribution in [0.15, 0.2) is 96.2 Å². The van der Waals surface area contributed by atoms with Crippen LogP contribution < -0.4 is 0 Å². The first-order chi connectivity index (χ1) is 19.1. The molecule has 40 heavy (non-hydrogen) atoms. The second-order valence-corrected chi connectivity index (χ2v) is 12.2. The van der Waals surface area contributed by atoms with Crippen molar-refractivity contribution in [3.05, 3.63) is 108 Å². The van der Waals surface area contributed by atoms with Crippen LogP contribution in [0.2, 0.25) is 0 Å². The summed E-state index contributed by atoms with van der Waals surface area (Å²) in [5, 5.41) is 20.5. The first kappa shape index (κ1) is 25.9. The molecule has 3 aromatic carbocycles.